The van der Waals surface area contributed by atoms with E-state index in [4.69, 9.17) is 0 Å². The van der Waals surface area contributed by atoms with Crippen LogP contribution in [-0.4, -0.2) is 30.4 Å². The van der Waals surface area contributed by atoms with Crippen molar-refractivity contribution in [1.82, 2.24) is 4.90 Å². The van der Waals surface area contributed by atoms with Crippen LogP contribution in [0.3, 0.4) is 0 Å². The van der Waals surface area contributed by atoms with Crippen molar-refractivity contribution >= 4 is 32.9 Å². The molecule has 0 aliphatic heterocycles. The Labute approximate surface area is 153 Å². The molecule has 0 radical (unpaired) electrons. The van der Waals surface area contributed by atoms with E-state index in [1.54, 1.807) is 0 Å². The molecule has 0 bridgehead atoms. The Balaban J connectivity index is 0. The summed E-state index contributed by atoms with van der Waals surface area (Å²) < 4.78 is 0. The molecule has 1 unspecified atom stereocenters. The molecule has 0 aliphatic carbocycles. The Hall–Kier alpha value is 0.920. The van der Waals surface area contributed by atoms with E-state index in [2.05, 4.69) is 41.8 Å². The summed E-state index contributed by atoms with van der Waals surface area (Å²) in [5.74, 6) is 0. The van der Waals surface area contributed by atoms with Crippen LogP contribution in [0.5, 0.6) is 0 Å². The van der Waals surface area contributed by atoms with E-state index < -0.39 is 0 Å². The fourth-order valence-corrected chi connectivity index (χ4v) is 3.22. The van der Waals surface area contributed by atoms with Gasteiger partial charge in [0, 0.05) is 11.4 Å². The molecule has 0 aliphatic rings. The van der Waals surface area contributed by atoms with Crippen molar-refractivity contribution in [2.75, 3.05) is 19.4 Å². The Morgan fingerprint density at radius 3 is 1.57 bits per heavy atom. The molecular formula is C18H39Br2N. The third-order valence-electron chi connectivity index (χ3n) is 4.29. The summed E-state index contributed by atoms with van der Waals surface area (Å²) in [6.07, 6.45) is 18.3. The van der Waals surface area contributed by atoms with E-state index in [0.717, 1.165) is 6.04 Å². The van der Waals surface area contributed by atoms with Crippen LogP contribution < -0.4 is 0 Å². The van der Waals surface area contributed by atoms with Crippen molar-refractivity contribution in [3.8, 4) is 0 Å². The van der Waals surface area contributed by atoms with E-state index in [0.29, 0.717) is 0 Å². The van der Waals surface area contributed by atoms with E-state index in [-0.39, 0.29) is 17.0 Å². The third-order valence-corrected chi connectivity index (χ3v) is 4.85. The van der Waals surface area contributed by atoms with E-state index >= 15 is 0 Å². The predicted octanol–water partition coefficient (Wildman–Crippen LogP) is 6.98. The molecule has 0 fully saturated rings. The topological polar surface area (TPSA) is 3.24 Å². The third kappa shape index (κ3) is 17.1. The number of halogens is 2. The van der Waals surface area contributed by atoms with Gasteiger partial charge in [-0.1, -0.05) is 87.1 Å². The van der Waals surface area contributed by atoms with Gasteiger partial charge >= 0.3 is 0 Å². The minimum absolute atomic E-state index is 0. The number of hydrogen-bond donors (Lipinski definition) is 0. The van der Waals surface area contributed by atoms with Gasteiger partial charge in [0.25, 0.3) is 0 Å². The van der Waals surface area contributed by atoms with Gasteiger partial charge in [-0.2, -0.15) is 0 Å². The second-order valence-electron chi connectivity index (χ2n) is 6.42. The Morgan fingerprint density at radius 2 is 1.14 bits per heavy atom. The molecule has 1 nitrogen and oxygen atoms in total. The highest BCUT2D eigenvalue weighted by Gasteiger charge is 2.10. The molecule has 0 heterocycles. The number of unbranched alkanes of at least 4 members (excludes halogenated alkanes) is 9. The van der Waals surface area contributed by atoms with Crippen LogP contribution in [0.1, 0.15) is 90.4 Å². The first-order valence-corrected chi connectivity index (χ1v) is 10.1. The summed E-state index contributed by atoms with van der Waals surface area (Å²) >= 11 is 3.50. The Bertz CT molecular complexity index is 186. The standard InChI is InChI=1S/C18H38BrN.BrH/c1-4-5-6-9-12-15-18(20(2)3)16-13-10-7-8-11-14-17-19;/h18H,4-17H2,1-3H3;1H. The summed E-state index contributed by atoms with van der Waals surface area (Å²) in [6, 6.07) is 0.819. The van der Waals surface area contributed by atoms with Crippen LogP contribution in [0.2, 0.25) is 0 Å². The van der Waals surface area contributed by atoms with Gasteiger partial charge in [0.1, 0.15) is 0 Å². The van der Waals surface area contributed by atoms with Crippen LogP contribution in [0.25, 0.3) is 0 Å². The second-order valence-corrected chi connectivity index (χ2v) is 7.21. The molecule has 0 amide bonds. The zero-order valence-electron chi connectivity index (χ0n) is 14.7. The lowest BCUT2D eigenvalue weighted by Gasteiger charge is -2.24. The maximum atomic E-state index is 3.50. The maximum Gasteiger partial charge on any atom is 0.00891 e. The van der Waals surface area contributed by atoms with Crippen LogP contribution in [0.4, 0.5) is 0 Å². The SMILES string of the molecule is Br.CCCCCCCC(CCCCCCCCBr)N(C)C. The Morgan fingerprint density at radius 1 is 0.714 bits per heavy atom. The van der Waals surface area contributed by atoms with Crippen molar-refractivity contribution < 1.29 is 0 Å². The molecule has 0 spiro atoms. The first-order chi connectivity index (χ1) is 9.72. The van der Waals surface area contributed by atoms with Gasteiger partial charge in [-0.05, 0) is 33.4 Å². The van der Waals surface area contributed by atoms with Crippen LogP contribution in [-0.2, 0) is 0 Å². The molecule has 0 aromatic heterocycles. The van der Waals surface area contributed by atoms with Crippen LogP contribution in [0.15, 0.2) is 0 Å². The van der Waals surface area contributed by atoms with Crippen LogP contribution >= 0.6 is 32.9 Å². The smallest absolute Gasteiger partial charge is 0.00891 e. The van der Waals surface area contributed by atoms with Crippen molar-refractivity contribution in [1.29, 1.82) is 0 Å². The summed E-state index contributed by atoms with van der Waals surface area (Å²) in [4.78, 5) is 2.45. The van der Waals surface area contributed by atoms with Gasteiger partial charge in [0.2, 0.25) is 0 Å². The zero-order chi connectivity index (χ0) is 15.1. The van der Waals surface area contributed by atoms with Gasteiger partial charge < -0.3 is 4.90 Å². The highest BCUT2D eigenvalue weighted by Crippen LogP contribution is 2.16. The minimum atomic E-state index is 0. The molecule has 0 aromatic rings. The lowest BCUT2D eigenvalue weighted by Crippen LogP contribution is -2.27. The van der Waals surface area contributed by atoms with Gasteiger partial charge in [-0.15, -0.1) is 17.0 Å². The number of nitrogens with zero attached hydrogens (tertiary/aromatic N) is 1. The first kappa shape index (κ1) is 24.2. The van der Waals surface area contributed by atoms with E-state index in [9.17, 15) is 0 Å². The minimum Gasteiger partial charge on any atom is -0.306 e. The molecule has 130 valence electrons. The molecule has 0 rings (SSSR count). The molecule has 0 N–H and O–H groups in total. The lowest BCUT2D eigenvalue weighted by molar-refractivity contribution is 0.251. The summed E-state index contributed by atoms with van der Waals surface area (Å²) in [6.45, 7) is 2.29. The van der Waals surface area contributed by atoms with Gasteiger partial charge in [-0.25, -0.2) is 0 Å². The molecule has 21 heavy (non-hydrogen) atoms. The monoisotopic (exact) mass is 427 g/mol. The normalized spacial score (nSPS) is 12.4. The molecule has 0 saturated heterocycles. The molecule has 0 aromatic carbocycles. The molecule has 3 heteroatoms. The number of alkyl halides is 1. The first-order valence-electron chi connectivity index (χ1n) is 8.94. The van der Waals surface area contributed by atoms with Crippen molar-refractivity contribution in [2.45, 2.75) is 96.4 Å². The van der Waals surface area contributed by atoms with Crippen LogP contribution in [0, 0.1) is 0 Å². The van der Waals surface area contributed by atoms with Gasteiger partial charge in [0.15, 0.2) is 0 Å². The highest BCUT2D eigenvalue weighted by atomic mass is 79.9. The van der Waals surface area contributed by atoms with Crippen molar-refractivity contribution in [3.05, 3.63) is 0 Å². The fourth-order valence-electron chi connectivity index (χ4n) is 2.83. The maximum absolute atomic E-state index is 3.50. The molecular weight excluding hydrogens is 390 g/mol. The number of hydrogen-bond acceptors (Lipinski definition) is 1. The predicted molar refractivity (Wildman–Crippen MR) is 107 cm³/mol. The fraction of sp³-hybridized carbons (Fsp3) is 1.00. The summed E-state index contributed by atoms with van der Waals surface area (Å²) in [5, 5.41) is 1.17. The van der Waals surface area contributed by atoms with E-state index in [1.165, 1.54) is 88.8 Å². The highest BCUT2D eigenvalue weighted by molar-refractivity contribution is 9.09. The summed E-state index contributed by atoms with van der Waals surface area (Å²) in [5.41, 5.74) is 0. The molecule has 1 atom stereocenters. The quantitative estimate of drug-likeness (QED) is 0.201. The second kappa shape index (κ2) is 19.0. The summed E-state index contributed by atoms with van der Waals surface area (Å²) in [7, 11) is 4.51. The van der Waals surface area contributed by atoms with Crippen molar-refractivity contribution in [2.24, 2.45) is 0 Å². The Kier molecular flexibility index (Phi) is 21.8. The largest absolute Gasteiger partial charge is 0.306 e. The molecule has 0 saturated carbocycles. The number of rotatable bonds is 15. The van der Waals surface area contributed by atoms with Gasteiger partial charge in [0.05, 0.1) is 0 Å². The van der Waals surface area contributed by atoms with E-state index in [1.807, 2.05) is 0 Å². The average Bonchev–Trinajstić information content (AvgIpc) is 2.43. The van der Waals surface area contributed by atoms with Gasteiger partial charge in [-0.3, -0.25) is 0 Å². The van der Waals surface area contributed by atoms with Crippen molar-refractivity contribution in [3.63, 3.8) is 0 Å². The zero-order valence-corrected chi connectivity index (χ0v) is 18.0. The average molecular weight is 429 g/mol. The lowest BCUT2D eigenvalue weighted by atomic mass is 9.99.